The van der Waals surface area contributed by atoms with Gasteiger partial charge in [-0.1, -0.05) is 6.07 Å². The van der Waals surface area contributed by atoms with Crippen LogP contribution in [0.2, 0.25) is 0 Å². The van der Waals surface area contributed by atoms with Crippen molar-refractivity contribution in [3.05, 3.63) is 72.6 Å². The first-order chi connectivity index (χ1) is 15.7. The first-order valence-corrected chi connectivity index (χ1v) is 10.2. The molecule has 0 unspecified atom stereocenters. The van der Waals surface area contributed by atoms with Crippen LogP contribution in [0.1, 0.15) is 23.2 Å². The minimum Gasteiger partial charge on any atom is -0.493 e. The van der Waals surface area contributed by atoms with E-state index in [1.54, 1.807) is 43.0 Å². The topological polar surface area (TPSA) is 94.8 Å². The van der Waals surface area contributed by atoms with Crippen LogP contribution in [-0.4, -0.2) is 37.2 Å². The first-order valence-electron chi connectivity index (χ1n) is 10.2. The molecule has 5 rings (SSSR count). The minimum atomic E-state index is -0.474. The lowest BCUT2D eigenvalue weighted by atomic mass is 10.0. The molecule has 160 valence electrons. The fraction of sp³-hybridized carbons (Fsp3) is 0.174. The molecular formula is C23H19FN6O2. The van der Waals surface area contributed by atoms with Crippen molar-refractivity contribution in [1.82, 2.24) is 24.7 Å². The van der Waals surface area contributed by atoms with Crippen molar-refractivity contribution in [2.45, 2.75) is 19.4 Å². The van der Waals surface area contributed by atoms with Crippen LogP contribution in [-0.2, 0) is 6.54 Å². The van der Waals surface area contributed by atoms with Crippen LogP contribution < -0.4 is 10.1 Å². The lowest BCUT2D eigenvalue weighted by Gasteiger charge is -2.15. The lowest BCUT2D eigenvalue weighted by Crippen LogP contribution is -2.16. The fourth-order valence-electron chi connectivity index (χ4n) is 3.60. The number of nitrogens with zero attached hydrogens (tertiary/aromatic N) is 5. The Morgan fingerprint density at radius 1 is 1.06 bits per heavy atom. The van der Waals surface area contributed by atoms with Crippen LogP contribution >= 0.6 is 0 Å². The van der Waals surface area contributed by atoms with Crippen molar-refractivity contribution in [1.29, 1.82) is 0 Å². The number of amides is 1. The van der Waals surface area contributed by atoms with Crippen molar-refractivity contribution >= 4 is 11.7 Å². The van der Waals surface area contributed by atoms with Gasteiger partial charge in [-0.05, 0) is 48.7 Å². The number of benzene rings is 1. The molecule has 1 aromatic carbocycles. The molecule has 0 radical (unpaired) electrons. The third kappa shape index (κ3) is 3.92. The van der Waals surface area contributed by atoms with Crippen molar-refractivity contribution in [3.8, 4) is 28.4 Å². The monoisotopic (exact) mass is 430 g/mol. The molecule has 32 heavy (non-hydrogen) atoms. The molecule has 1 amide bonds. The molecule has 1 aliphatic rings. The predicted molar refractivity (Wildman–Crippen MR) is 116 cm³/mol. The number of hydrogen-bond acceptors (Lipinski definition) is 6. The maximum Gasteiger partial charge on any atom is 0.260 e. The van der Waals surface area contributed by atoms with Crippen LogP contribution in [0.4, 0.5) is 10.2 Å². The number of carbonyl (C=O) groups is 1. The van der Waals surface area contributed by atoms with Gasteiger partial charge >= 0.3 is 0 Å². The number of nitrogens with one attached hydrogen (secondary N) is 1. The smallest absolute Gasteiger partial charge is 0.260 e. The normalized spacial score (nSPS) is 13.8. The van der Waals surface area contributed by atoms with Gasteiger partial charge in [-0.25, -0.2) is 9.37 Å². The third-order valence-corrected chi connectivity index (χ3v) is 5.19. The Bertz CT molecular complexity index is 1270. The Labute approximate surface area is 183 Å². The second-order valence-corrected chi connectivity index (χ2v) is 7.33. The second kappa shape index (κ2) is 8.54. The summed E-state index contributed by atoms with van der Waals surface area (Å²) in [5, 5.41) is 11.0. The highest BCUT2D eigenvalue weighted by Gasteiger charge is 2.20. The maximum atomic E-state index is 14.9. The summed E-state index contributed by atoms with van der Waals surface area (Å²) in [6.07, 6.45) is 6.31. The van der Waals surface area contributed by atoms with E-state index in [2.05, 4.69) is 25.5 Å². The van der Waals surface area contributed by atoms with Gasteiger partial charge in [0, 0.05) is 30.6 Å². The van der Waals surface area contributed by atoms with E-state index in [4.69, 9.17) is 4.74 Å². The highest BCUT2D eigenvalue weighted by Crippen LogP contribution is 2.31. The zero-order valence-electron chi connectivity index (χ0n) is 17.0. The summed E-state index contributed by atoms with van der Waals surface area (Å²) in [6.45, 7) is 1.03. The van der Waals surface area contributed by atoms with Crippen molar-refractivity contribution in [2.24, 2.45) is 0 Å². The Kier molecular flexibility index (Phi) is 5.29. The van der Waals surface area contributed by atoms with Crippen LogP contribution in [0.3, 0.4) is 0 Å². The number of rotatable bonds is 1. The molecule has 4 aromatic rings. The molecule has 1 aliphatic heterocycles. The average molecular weight is 430 g/mol. The maximum absolute atomic E-state index is 14.9. The van der Waals surface area contributed by atoms with Gasteiger partial charge < -0.3 is 14.6 Å². The third-order valence-electron chi connectivity index (χ3n) is 5.19. The Hall–Kier alpha value is -4.14. The van der Waals surface area contributed by atoms with Gasteiger partial charge in [-0.15, -0.1) is 10.2 Å². The van der Waals surface area contributed by atoms with Crippen LogP contribution in [0.15, 0.2) is 61.2 Å². The Balaban J connectivity index is 1.57. The summed E-state index contributed by atoms with van der Waals surface area (Å²) in [6, 6.07) is 11.4. The molecule has 1 N–H and O–H groups in total. The molecule has 8 nitrogen and oxygen atoms in total. The number of aromatic nitrogens is 5. The van der Waals surface area contributed by atoms with Crippen LogP contribution in [0.5, 0.6) is 5.75 Å². The van der Waals surface area contributed by atoms with E-state index in [0.717, 1.165) is 6.42 Å². The lowest BCUT2D eigenvalue weighted by molar-refractivity contribution is 0.102. The molecule has 9 heteroatoms. The summed E-state index contributed by atoms with van der Waals surface area (Å²) in [7, 11) is 0. The molecule has 4 heterocycles. The summed E-state index contributed by atoms with van der Waals surface area (Å²) >= 11 is 0. The molecule has 0 atom stereocenters. The van der Waals surface area contributed by atoms with E-state index < -0.39 is 11.7 Å². The first kappa shape index (κ1) is 19.8. The van der Waals surface area contributed by atoms with E-state index in [-0.39, 0.29) is 11.3 Å². The van der Waals surface area contributed by atoms with Crippen LogP contribution in [0, 0.1) is 5.82 Å². The average Bonchev–Trinajstić information content (AvgIpc) is 3.28. The van der Waals surface area contributed by atoms with Crippen molar-refractivity contribution < 1.29 is 13.9 Å². The molecule has 0 fully saturated rings. The molecule has 0 aliphatic carbocycles. The number of carbonyl (C=O) groups excluding carboxylic acids is 1. The molecule has 0 saturated carbocycles. The second-order valence-electron chi connectivity index (χ2n) is 7.33. The Morgan fingerprint density at radius 3 is 2.81 bits per heavy atom. The summed E-state index contributed by atoms with van der Waals surface area (Å²) in [5.74, 6) is 0.244. The van der Waals surface area contributed by atoms with Gasteiger partial charge in [0.05, 0.1) is 12.2 Å². The molecule has 3 aromatic heterocycles. The standard InChI is InChI=1S/C23H19FN6O2/c24-18-13-20-17(12-16(18)15-6-8-25-9-7-15)23(31)28-21-5-3-4-19(27-21)22-29-26-14-30(22)10-1-2-11-32-20/h3-9,12-14H,1-2,10-11H2,(H,27,28,31). The Morgan fingerprint density at radius 2 is 1.94 bits per heavy atom. The number of halogens is 1. The van der Waals surface area contributed by atoms with Gasteiger partial charge in [-0.2, -0.15) is 0 Å². The van der Waals surface area contributed by atoms with E-state index in [1.807, 2.05) is 10.6 Å². The zero-order valence-corrected chi connectivity index (χ0v) is 17.0. The van der Waals surface area contributed by atoms with Crippen molar-refractivity contribution in [3.63, 3.8) is 0 Å². The quantitative estimate of drug-likeness (QED) is 0.491. The number of fused-ring (bicyclic) bond motifs is 5. The van der Waals surface area contributed by atoms with Gasteiger partial charge in [-0.3, -0.25) is 9.78 Å². The van der Waals surface area contributed by atoms with Gasteiger partial charge in [0.1, 0.15) is 29.4 Å². The van der Waals surface area contributed by atoms with E-state index in [9.17, 15) is 9.18 Å². The van der Waals surface area contributed by atoms with Crippen molar-refractivity contribution in [2.75, 3.05) is 11.9 Å². The number of hydrogen-bond donors (Lipinski definition) is 1. The highest BCUT2D eigenvalue weighted by atomic mass is 19.1. The zero-order chi connectivity index (χ0) is 21.9. The van der Waals surface area contributed by atoms with E-state index >= 15 is 0 Å². The molecule has 0 saturated heterocycles. The summed E-state index contributed by atoms with van der Waals surface area (Å²) in [5.41, 5.74) is 1.74. The minimum absolute atomic E-state index is 0.191. The van der Waals surface area contributed by atoms with Gasteiger partial charge in [0.25, 0.3) is 5.91 Å². The van der Waals surface area contributed by atoms with E-state index in [1.165, 1.54) is 12.1 Å². The summed E-state index contributed by atoms with van der Waals surface area (Å²) < 4.78 is 22.6. The van der Waals surface area contributed by atoms with Gasteiger partial charge in [0.15, 0.2) is 5.82 Å². The SMILES string of the molecule is O=C1Nc2cccc(n2)-c2nncn2CCCCOc2cc(F)c(-c3ccncc3)cc21. The van der Waals surface area contributed by atoms with Crippen LogP contribution in [0.25, 0.3) is 22.6 Å². The number of aryl methyl sites for hydroxylation is 1. The molecule has 2 bridgehead atoms. The molecule has 0 spiro atoms. The predicted octanol–water partition coefficient (Wildman–Crippen LogP) is 3.97. The van der Waals surface area contributed by atoms with E-state index in [0.29, 0.717) is 48.0 Å². The van der Waals surface area contributed by atoms with Gasteiger partial charge in [0.2, 0.25) is 0 Å². The number of pyridine rings is 2. The number of ether oxygens (including phenoxy) is 1. The molecular weight excluding hydrogens is 411 g/mol. The fourth-order valence-corrected chi connectivity index (χ4v) is 3.60. The largest absolute Gasteiger partial charge is 0.493 e. The number of anilines is 1. The summed E-state index contributed by atoms with van der Waals surface area (Å²) in [4.78, 5) is 21.7. The highest BCUT2D eigenvalue weighted by molar-refractivity contribution is 6.06.